The number of thiophene rings is 1. The number of nitriles is 1. The first-order valence-electron chi connectivity index (χ1n) is 7.30. The van der Waals surface area contributed by atoms with Gasteiger partial charge in [-0.2, -0.15) is 5.26 Å². The van der Waals surface area contributed by atoms with Crippen molar-refractivity contribution in [3.05, 3.63) is 49.8 Å². The van der Waals surface area contributed by atoms with Gasteiger partial charge in [0, 0.05) is 9.90 Å². The van der Waals surface area contributed by atoms with Crippen LogP contribution >= 0.6 is 34.5 Å². The molecular formula is C17H14Cl2N2OS. The van der Waals surface area contributed by atoms with Crippen LogP contribution in [0.5, 0.6) is 0 Å². The monoisotopic (exact) mass is 364 g/mol. The molecule has 1 N–H and O–H groups in total. The number of carbonyl (C=O) groups is 1. The summed E-state index contributed by atoms with van der Waals surface area (Å²) in [6.45, 7) is 2.19. The third-order valence-electron chi connectivity index (χ3n) is 4.02. The summed E-state index contributed by atoms with van der Waals surface area (Å²) in [5, 5.41) is 13.7. The van der Waals surface area contributed by atoms with Gasteiger partial charge in [0.2, 0.25) is 0 Å². The highest BCUT2D eigenvalue weighted by atomic mass is 35.5. The minimum Gasteiger partial charge on any atom is -0.312 e. The summed E-state index contributed by atoms with van der Waals surface area (Å²) >= 11 is 13.4. The number of hydrogen-bond donors (Lipinski definition) is 1. The van der Waals surface area contributed by atoms with Gasteiger partial charge in [-0.1, -0.05) is 30.1 Å². The van der Waals surface area contributed by atoms with Gasteiger partial charge >= 0.3 is 0 Å². The molecule has 0 saturated heterocycles. The maximum atomic E-state index is 12.5. The molecule has 0 aliphatic heterocycles. The van der Waals surface area contributed by atoms with E-state index < -0.39 is 0 Å². The maximum Gasteiger partial charge on any atom is 0.257 e. The van der Waals surface area contributed by atoms with Crippen molar-refractivity contribution in [2.24, 2.45) is 5.92 Å². The first-order chi connectivity index (χ1) is 11.0. The van der Waals surface area contributed by atoms with Crippen molar-refractivity contribution >= 4 is 45.4 Å². The van der Waals surface area contributed by atoms with Crippen LogP contribution in [0.15, 0.2) is 18.2 Å². The Kier molecular flexibility index (Phi) is 4.63. The molecule has 0 fully saturated rings. The smallest absolute Gasteiger partial charge is 0.257 e. The van der Waals surface area contributed by atoms with Gasteiger partial charge in [0.1, 0.15) is 11.1 Å². The molecular weight excluding hydrogens is 351 g/mol. The molecule has 1 heterocycles. The molecule has 3 nitrogen and oxygen atoms in total. The molecule has 0 radical (unpaired) electrons. The van der Waals surface area contributed by atoms with Gasteiger partial charge in [-0.25, -0.2) is 0 Å². The standard InChI is InChI=1S/C17H14Cl2N2OS/c1-9-2-5-15-12(6-9)13(8-20)17(23-15)21-16(22)11-4-3-10(18)7-14(11)19/h3-4,7,9H,2,5-6H2,1H3,(H,21,22)/t9-/m1/s1. The van der Waals surface area contributed by atoms with Crippen molar-refractivity contribution in [1.29, 1.82) is 5.26 Å². The zero-order chi connectivity index (χ0) is 16.6. The van der Waals surface area contributed by atoms with Gasteiger partial charge in [-0.05, 0) is 48.9 Å². The summed E-state index contributed by atoms with van der Waals surface area (Å²) in [6.07, 6.45) is 2.98. The van der Waals surface area contributed by atoms with E-state index in [0.29, 0.717) is 32.1 Å². The number of benzene rings is 1. The largest absolute Gasteiger partial charge is 0.312 e. The third kappa shape index (κ3) is 3.23. The minimum absolute atomic E-state index is 0.295. The SMILES string of the molecule is C[C@@H]1CCc2sc(NC(=O)c3ccc(Cl)cc3Cl)c(C#N)c2C1. The lowest BCUT2D eigenvalue weighted by molar-refractivity contribution is 0.102. The van der Waals surface area contributed by atoms with Crippen LogP contribution in [0, 0.1) is 17.2 Å². The number of fused-ring (bicyclic) bond motifs is 1. The van der Waals surface area contributed by atoms with Gasteiger partial charge in [-0.15, -0.1) is 11.3 Å². The van der Waals surface area contributed by atoms with Gasteiger partial charge in [0.25, 0.3) is 5.91 Å². The van der Waals surface area contributed by atoms with E-state index in [1.165, 1.54) is 22.3 Å². The molecule has 0 unspecified atom stereocenters. The highest BCUT2D eigenvalue weighted by Crippen LogP contribution is 2.39. The number of nitrogens with zero attached hydrogens (tertiary/aromatic N) is 1. The molecule has 118 valence electrons. The molecule has 1 atom stereocenters. The van der Waals surface area contributed by atoms with Gasteiger partial charge in [0.15, 0.2) is 0 Å². The zero-order valence-electron chi connectivity index (χ0n) is 12.5. The van der Waals surface area contributed by atoms with Crippen molar-refractivity contribution in [3.63, 3.8) is 0 Å². The van der Waals surface area contributed by atoms with E-state index in [-0.39, 0.29) is 5.91 Å². The van der Waals surface area contributed by atoms with Crippen LogP contribution < -0.4 is 5.32 Å². The molecule has 1 aromatic heterocycles. The lowest BCUT2D eigenvalue weighted by atomic mass is 9.88. The van der Waals surface area contributed by atoms with E-state index in [2.05, 4.69) is 18.3 Å². The fourth-order valence-corrected chi connectivity index (χ4v) is 4.49. The molecule has 1 aliphatic carbocycles. The van der Waals surface area contributed by atoms with E-state index in [4.69, 9.17) is 23.2 Å². The van der Waals surface area contributed by atoms with Crippen LogP contribution in [0.25, 0.3) is 0 Å². The molecule has 0 spiro atoms. The van der Waals surface area contributed by atoms with Crippen LogP contribution in [0.2, 0.25) is 10.0 Å². The van der Waals surface area contributed by atoms with E-state index in [1.807, 2.05) is 0 Å². The maximum absolute atomic E-state index is 12.5. The summed E-state index contributed by atoms with van der Waals surface area (Å²) in [5.74, 6) is 0.244. The topological polar surface area (TPSA) is 52.9 Å². The average molecular weight is 365 g/mol. The Balaban J connectivity index is 1.91. The summed E-state index contributed by atoms with van der Waals surface area (Å²) < 4.78 is 0. The molecule has 1 aliphatic rings. The number of aryl methyl sites for hydroxylation is 1. The number of nitrogens with one attached hydrogen (secondary N) is 1. The van der Waals surface area contributed by atoms with Crippen molar-refractivity contribution in [2.75, 3.05) is 5.32 Å². The molecule has 0 saturated carbocycles. The number of anilines is 1. The number of halogens is 2. The number of rotatable bonds is 2. The fourth-order valence-electron chi connectivity index (χ4n) is 2.81. The Morgan fingerprint density at radius 3 is 2.91 bits per heavy atom. The Morgan fingerprint density at radius 1 is 1.43 bits per heavy atom. The molecule has 2 aromatic rings. The van der Waals surface area contributed by atoms with E-state index in [9.17, 15) is 10.1 Å². The van der Waals surface area contributed by atoms with Crippen LogP contribution in [-0.4, -0.2) is 5.91 Å². The quantitative estimate of drug-likeness (QED) is 0.785. The van der Waals surface area contributed by atoms with Crippen molar-refractivity contribution in [1.82, 2.24) is 0 Å². The molecule has 1 amide bonds. The molecule has 3 rings (SSSR count). The van der Waals surface area contributed by atoms with Crippen LogP contribution in [-0.2, 0) is 12.8 Å². The Hall–Kier alpha value is -1.54. The van der Waals surface area contributed by atoms with Gasteiger partial charge in [0.05, 0.1) is 16.1 Å². The van der Waals surface area contributed by atoms with Crippen molar-refractivity contribution in [2.45, 2.75) is 26.2 Å². The van der Waals surface area contributed by atoms with E-state index >= 15 is 0 Å². The summed E-state index contributed by atoms with van der Waals surface area (Å²) in [4.78, 5) is 13.7. The molecule has 6 heteroatoms. The molecule has 0 bridgehead atoms. The van der Waals surface area contributed by atoms with Gasteiger partial charge in [-0.3, -0.25) is 4.79 Å². The lowest BCUT2D eigenvalue weighted by Crippen LogP contribution is -2.13. The Labute approximate surface area is 148 Å². The summed E-state index contributed by atoms with van der Waals surface area (Å²) in [6, 6.07) is 6.98. The van der Waals surface area contributed by atoms with Crippen molar-refractivity contribution in [3.8, 4) is 6.07 Å². The minimum atomic E-state index is -0.324. The highest BCUT2D eigenvalue weighted by Gasteiger charge is 2.25. The average Bonchev–Trinajstić information content (AvgIpc) is 2.83. The van der Waals surface area contributed by atoms with Crippen LogP contribution in [0.3, 0.4) is 0 Å². The third-order valence-corrected chi connectivity index (χ3v) is 5.78. The van der Waals surface area contributed by atoms with E-state index in [1.54, 1.807) is 12.1 Å². The Bertz CT molecular complexity index is 823. The van der Waals surface area contributed by atoms with Gasteiger partial charge < -0.3 is 5.32 Å². The molecule has 23 heavy (non-hydrogen) atoms. The second-order valence-corrected chi connectivity index (χ2v) is 7.69. The molecule has 1 aromatic carbocycles. The first kappa shape index (κ1) is 16.3. The predicted molar refractivity (Wildman–Crippen MR) is 94.6 cm³/mol. The second kappa shape index (κ2) is 6.52. The number of amides is 1. The van der Waals surface area contributed by atoms with Crippen molar-refractivity contribution < 1.29 is 4.79 Å². The zero-order valence-corrected chi connectivity index (χ0v) is 14.8. The fraction of sp³-hybridized carbons (Fsp3) is 0.294. The van der Waals surface area contributed by atoms with E-state index in [0.717, 1.165) is 24.8 Å². The number of hydrogen-bond acceptors (Lipinski definition) is 3. The van der Waals surface area contributed by atoms with Crippen LogP contribution in [0.4, 0.5) is 5.00 Å². The normalized spacial score (nSPS) is 16.5. The Morgan fingerprint density at radius 2 is 2.22 bits per heavy atom. The number of carbonyl (C=O) groups excluding carboxylic acids is 1. The van der Waals surface area contributed by atoms with Crippen LogP contribution in [0.1, 0.15) is 39.7 Å². The predicted octanol–water partition coefficient (Wildman–Crippen LogP) is 5.30. The summed E-state index contributed by atoms with van der Waals surface area (Å²) in [5.41, 5.74) is 2.03. The summed E-state index contributed by atoms with van der Waals surface area (Å²) in [7, 11) is 0. The first-order valence-corrected chi connectivity index (χ1v) is 8.88. The second-order valence-electron chi connectivity index (χ2n) is 5.75. The highest BCUT2D eigenvalue weighted by molar-refractivity contribution is 7.16. The lowest BCUT2D eigenvalue weighted by Gasteiger charge is -2.17.